The molecule has 0 bridgehead atoms. The van der Waals surface area contributed by atoms with Gasteiger partial charge in [-0.25, -0.2) is 4.39 Å². The summed E-state index contributed by atoms with van der Waals surface area (Å²) in [6, 6.07) is 9.97. The topological polar surface area (TPSA) is 42.2 Å². The lowest BCUT2D eigenvalue weighted by atomic mass is 10.2. The van der Waals surface area contributed by atoms with Crippen LogP contribution in [0.25, 0.3) is 0 Å². The zero-order valence-electron chi connectivity index (χ0n) is 10.6. The Kier molecular flexibility index (Phi) is 5.67. The standard InChI is InChI=1S/C14H13BrFNO2S/c15-13-6-5-12(19-13)14(18)17-7-8-20-9-10-3-1-2-4-11(10)16/h1-6H,7-9H2,(H,17,18). The molecule has 6 heteroatoms. The van der Waals surface area contributed by atoms with Crippen LogP contribution in [0, 0.1) is 5.82 Å². The Bertz CT molecular complexity index is 588. The Balaban J connectivity index is 1.67. The average Bonchev–Trinajstić information content (AvgIpc) is 2.87. The van der Waals surface area contributed by atoms with Crippen LogP contribution in [0.3, 0.4) is 0 Å². The van der Waals surface area contributed by atoms with Crippen molar-refractivity contribution >= 4 is 33.6 Å². The third kappa shape index (κ3) is 4.38. The van der Waals surface area contributed by atoms with E-state index < -0.39 is 0 Å². The number of furan rings is 1. The van der Waals surface area contributed by atoms with Crippen molar-refractivity contribution in [2.75, 3.05) is 12.3 Å². The van der Waals surface area contributed by atoms with Crippen LogP contribution < -0.4 is 5.32 Å². The van der Waals surface area contributed by atoms with Crippen molar-refractivity contribution in [1.82, 2.24) is 5.32 Å². The molecule has 2 rings (SSSR count). The van der Waals surface area contributed by atoms with Crippen molar-refractivity contribution in [1.29, 1.82) is 0 Å². The molecule has 1 heterocycles. The second-order valence-electron chi connectivity index (χ2n) is 4.00. The van der Waals surface area contributed by atoms with E-state index in [1.807, 2.05) is 6.07 Å². The van der Waals surface area contributed by atoms with E-state index in [1.165, 1.54) is 6.07 Å². The van der Waals surface area contributed by atoms with Crippen LogP contribution in [0.1, 0.15) is 16.1 Å². The minimum absolute atomic E-state index is 0.190. The molecule has 0 atom stereocenters. The second kappa shape index (κ2) is 7.50. The van der Waals surface area contributed by atoms with Gasteiger partial charge < -0.3 is 9.73 Å². The summed E-state index contributed by atoms with van der Waals surface area (Å²) in [5.41, 5.74) is 0.679. The molecule has 1 amide bonds. The summed E-state index contributed by atoms with van der Waals surface area (Å²) in [6.45, 7) is 0.510. The maximum absolute atomic E-state index is 13.4. The van der Waals surface area contributed by atoms with Gasteiger partial charge >= 0.3 is 0 Å². The number of hydrogen-bond donors (Lipinski definition) is 1. The number of benzene rings is 1. The summed E-state index contributed by atoms with van der Waals surface area (Å²) in [5, 5.41) is 2.75. The summed E-state index contributed by atoms with van der Waals surface area (Å²) < 4.78 is 19.0. The van der Waals surface area contributed by atoms with Gasteiger partial charge in [-0.15, -0.1) is 0 Å². The quantitative estimate of drug-likeness (QED) is 0.798. The van der Waals surface area contributed by atoms with Gasteiger partial charge in [-0.05, 0) is 39.7 Å². The number of hydrogen-bond acceptors (Lipinski definition) is 3. The molecular formula is C14H13BrFNO2S. The number of carbonyl (C=O) groups is 1. The van der Waals surface area contributed by atoms with E-state index >= 15 is 0 Å². The number of thioether (sulfide) groups is 1. The molecule has 0 saturated carbocycles. The van der Waals surface area contributed by atoms with E-state index in [4.69, 9.17) is 4.42 Å². The van der Waals surface area contributed by atoms with Gasteiger partial charge in [0.1, 0.15) is 5.82 Å². The van der Waals surface area contributed by atoms with Crippen LogP contribution in [-0.4, -0.2) is 18.2 Å². The molecule has 1 aromatic carbocycles. The van der Waals surface area contributed by atoms with Crippen LogP contribution in [-0.2, 0) is 5.75 Å². The average molecular weight is 358 g/mol. The minimum Gasteiger partial charge on any atom is -0.444 e. The van der Waals surface area contributed by atoms with Crippen molar-refractivity contribution in [3.05, 3.63) is 58.2 Å². The number of halogens is 2. The molecule has 0 fully saturated rings. The molecule has 0 aliphatic carbocycles. The lowest BCUT2D eigenvalue weighted by Crippen LogP contribution is -2.25. The molecule has 0 unspecified atom stereocenters. The Morgan fingerprint density at radius 2 is 2.10 bits per heavy atom. The molecule has 0 spiro atoms. The predicted molar refractivity (Wildman–Crippen MR) is 81.3 cm³/mol. The Morgan fingerprint density at radius 1 is 1.30 bits per heavy atom. The van der Waals surface area contributed by atoms with Gasteiger partial charge in [-0.1, -0.05) is 18.2 Å². The van der Waals surface area contributed by atoms with E-state index in [1.54, 1.807) is 36.0 Å². The lowest BCUT2D eigenvalue weighted by molar-refractivity contribution is 0.0927. The molecule has 20 heavy (non-hydrogen) atoms. The smallest absolute Gasteiger partial charge is 0.287 e. The van der Waals surface area contributed by atoms with Crippen LogP contribution in [0.5, 0.6) is 0 Å². The maximum atomic E-state index is 13.4. The van der Waals surface area contributed by atoms with Gasteiger partial charge in [-0.3, -0.25) is 4.79 Å². The largest absolute Gasteiger partial charge is 0.444 e. The van der Waals surface area contributed by atoms with Crippen molar-refractivity contribution < 1.29 is 13.6 Å². The molecule has 1 N–H and O–H groups in total. The highest BCUT2D eigenvalue weighted by molar-refractivity contribution is 9.10. The van der Waals surface area contributed by atoms with Gasteiger partial charge in [-0.2, -0.15) is 11.8 Å². The fourth-order valence-corrected chi connectivity index (χ4v) is 2.71. The molecule has 1 aromatic heterocycles. The van der Waals surface area contributed by atoms with Crippen LogP contribution in [0.4, 0.5) is 4.39 Å². The summed E-state index contributed by atoms with van der Waals surface area (Å²) in [7, 11) is 0. The maximum Gasteiger partial charge on any atom is 0.287 e. The molecule has 106 valence electrons. The number of amides is 1. The van der Waals surface area contributed by atoms with Gasteiger partial charge in [0.2, 0.25) is 0 Å². The SMILES string of the molecule is O=C(NCCSCc1ccccc1F)c1ccc(Br)o1. The Hall–Kier alpha value is -1.27. The summed E-state index contributed by atoms with van der Waals surface area (Å²) in [5.74, 6) is 1.14. The minimum atomic E-state index is -0.248. The van der Waals surface area contributed by atoms with Crippen molar-refractivity contribution in [2.24, 2.45) is 0 Å². The highest BCUT2D eigenvalue weighted by Crippen LogP contribution is 2.15. The first-order valence-electron chi connectivity index (χ1n) is 6.01. The number of nitrogens with one attached hydrogen (secondary N) is 1. The van der Waals surface area contributed by atoms with Crippen LogP contribution in [0.2, 0.25) is 0 Å². The van der Waals surface area contributed by atoms with E-state index in [0.29, 0.717) is 28.3 Å². The highest BCUT2D eigenvalue weighted by Gasteiger charge is 2.09. The van der Waals surface area contributed by atoms with Gasteiger partial charge in [0, 0.05) is 18.1 Å². The third-order valence-electron chi connectivity index (χ3n) is 2.54. The van der Waals surface area contributed by atoms with E-state index in [2.05, 4.69) is 21.2 Å². The highest BCUT2D eigenvalue weighted by atomic mass is 79.9. The first-order chi connectivity index (χ1) is 9.66. The molecule has 0 aliphatic rings. The summed E-state index contributed by atoms with van der Waals surface area (Å²) in [4.78, 5) is 11.7. The zero-order chi connectivity index (χ0) is 14.4. The fraction of sp³-hybridized carbons (Fsp3) is 0.214. The molecular weight excluding hydrogens is 345 g/mol. The number of rotatable bonds is 6. The van der Waals surface area contributed by atoms with Crippen LogP contribution in [0.15, 0.2) is 45.5 Å². The van der Waals surface area contributed by atoms with Gasteiger partial charge in [0.05, 0.1) is 0 Å². The zero-order valence-corrected chi connectivity index (χ0v) is 13.0. The van der Waals surface area contributed by atoms with Crippen molar-refractivity contribution in [3.8, 4) is 0 Å². The molecule has 2 aromatic rings. The van der Waals surface area contributed by atoms with Crippen LogP contribution >= 0.6 is 27.7 Å². The molecule has 0 saturated heterocycles. The first kappa shape index (κ1) is 15.1. The fourth-order valence-electron chi connectivity index (χ4n) is 1.56. The lowest BCUT2D eigenvalue weighted by Gasteiger charge is -2.04. The van der Waals surface area contributed by atoms with Crippen molar-refractivity contribution in [2.45, 2.75) is 5.75 Å². The second-order valence-corrected chi connectivity index (χ2v) is 5.89. The monoisotopic (exact) mass is 357 g/mol. The Labute approximate surface area is 129 Å². The predicted octanol–water partition coefficient (Wildman–Crippen LogP) is 3.84. The van der Waals surface area contributed by atoms with E-state index in [-0.39, 0.29) is 17.5 Å². The molecule has 3 nitrogen and oxygen atoms in total. The van der Waals surface area contributed by atoms with E-state index in [9.17, 15) is 9.18 Å². The Morgan fingerprint density at radius 3 is 2.80 bits per heavy atom. The molecule has 0 aliphatic heterocycles. The normalized spacial score (nSPS) is 10.5. The van der Waals surface area contributed by atoms with E-state index in [0.717, 1.165) is 0 Å². The van der Waals surface area contributed by atoms with Gasteiger partial charge in [0.25, 0.3) is 5.91 Å². The van der Waals surface area contributed by atoms with Crippen molar-refractivity contribution in [3.63, 3.8) is 0 Å². The summed E-state index contributed by atoms with van der Waals surface area (Å²) in [6.07, 6.45) is 0. The summed E-state index contributed by atoms with van der Waals surface area (Å²) >= 11 is 4.71. The third-order valence-corrected chi connectivity index (χ3v) is 3.98. The molecule has 0 radical (unpaired) electrons. The number of carbonyl (C=O) groups excluding carboxylic acids is 1. The first-order valence-corrected chi connectivity index (χ1v) is 7.96. The van der Waals surface area contributed by atoms with Gasteiger partial charge in [0.15, 0.2) is 10.4 Å².